The average molecular weight is 831 g/mol. The zero-order chi connectivity index (χ0) is 41.9. The second-order valence-corrected chi connectivity index (χ2v) is 18.2. The normalized spacial score (nSPS) is 13.1. The van der Waals surface area contributed by atoms with Crippen LogP contribution in [-0.2, 0) is 5.41 Å². The summed E-state index contributed by atoms with van der Waals surface area (Å²) in [5.74, 6) is 0. The third kappa shape index (κ3) is 4.85. The second kappa shape index (κ2) is 13.5. The van der Waals surface area contributed by atoms with Crippen LogP contribution in [0.4, 0.5) is 17.1 Å². The van der Waals surface area contributed by atoms with E-state index in [4.69, 9.17) is 0 Å². The molecule has 2 aliphatic carbocycles. The molecule has 14 rings (SSSR count). The van der Waals surface area contributed by atoms with Crippen LogP contribution >= 0.6 is 11.3 Å². The molecule has 2 aromatic heterocycles. The first-order valence-electron chi connectivity index (χ1n) is 22.1. The van der Waals surface area contributed by atoms with Gasteiger partial charge in [-0.2, -0.15) is 0 Å². The fourth-order valence-electron chi connectivity index (χ4n) is 11.4. The lowest BCUT2D eigenvalue weighted by molar-refractivity contribution is 0.793. The van der Waals surface area contributed by atoms with Crippen LogP contribution in [0.25, 0.3) is 81.0 Å². The Balaban J connectivity index is 1.00. The van der Waals surface area contributed by atoms with Gasteiger partial charge in [-0.15, -0.1) is 11.3 Å². The van der Waals surface area contributed by atoms with Gasteiger partial charge in [0.1, 0.15) is 0 Å². The Kier molecular flexibility index (Phi) is 7.51. The van der Waals surface area contributed by atoms with E-state index >= 15 is 0 Å². The van der Waals surface area contributed by atoms with Gasteiger partial charge in [-0.25, -0.2) is 0 Å². The fourth-order valence-corrected chi connectivity index (χ4v) is 12.6. The van der Waals surface area contributed by atoms with Crippen LogP contribution in [0.1, 0.15) is 22.3 Å². The molecule has 0 N–H and O–H groups in total. The van der Waals surface area contributed by atoms with Gasteiger partial charge in [0, 0.05) is 43.3 Å². The number of fused-ring (bicyclic) bond motifs is 16. The molecule has 0 saturated carbocycles. The van der Waals surface area contributed by atoms with Crippen LogP contribution in [0.15, 0.2) is 231 Å². The maximum atomic E-state index is 2.51. The standard InChI is InChI=1S/C61H38N2S/c1-2-15-39(16-3-1)40-29-31-41(32-30-40)62(42-33-35-47-46-19-6-11-25-54(46)61(55(47)37-42)52-23-9-4-17-44(52)45-18-5-10-24-53(45)61)58-28-14-22-51-50-36-34-43(38-59(50)64-60(51)58)63-56-26-12-7-20-48(56)49-21-8-13-27-57(49)63/h1-38H. The van der Waals surface area contributed by atoms with Crippen LogP contribution in [0.2, 0.25) is 0 Å². The van der Waals surface area contributed by atoms with Gasteiger partial charge >= 0.3 is 0 Å². The molecule has 0 bridgehead atoms. The number of rotatable bonds is 5. The third-order valence-corrected chi connectivity index (χ3v) is 15.2. The topological polar surface area (TPSA) is 8.17 Å². The highest BCUT2D eigenvalue weighted by atomic mass is 32.1. The van der Waals surface area contributed by atoms with Crippen molar-refractivity contribution in [3.8, 4) is 39.1 Å². The number of thiophene rings is 1. The maximum Gasteiger partial charge on any atom is 0.0726 e. The van der Waals surface area contributed by atoms with Crippen molar-refractivity contribution in [2.75, 3.05) is 4.90 Å². The molecule has 12 aromatic rings. The Labute approximate surface area is 375 Å². The van der Waals surface area contributed by atoms with Crippen molar-refractivity contribution >= 4 is 70.4 Å². The second-order valence-electron chi connectivity index (χ2n) is 17.2. The van der Waals surface area contributed by atoms with E-state index < -0.39 is 5.41 Å². The lowest BCUT2D eigenvalue weighted by Gasteiger charge is -2.32. The predicted molar refractivity (Wildman–Crippen MR) is 270 cm³/mol. The van der Waals surface area contributed by atoms with E-state index in [-0.39, 0.29) is 0 Å². The number of aromatic nitrogens is 1. The van der Waals surface area contributed by atoms with Gasteiger partial charge in [-0.1, -0.05) is 176 Å². The van der Waals surface area contributed by atoms with Gasteiger partial charge in [0.05, 0.1) is 26.8 Å². The van der Waals surface area contributed by atoms with E-state index in [2.05, 4.69) is 240 Å². The third-order valence-electron chi connectivity index (χ3n) is 14.0. The van der Waals surface area contributed by atoms with Gasteiger partial charge < -0.3 is 9.47 Å². The summed E-state index contributed by atoms with van der Waals surface area (Å²) in [6, 6.07) is 85.7. The molecule has 2 nitrogen and oxygen atoms in total. The first kappa shape index (κ1) is 35.6. The molecule has 10 aromatic carbocycles. The number of anilines is 3. The van der Waals surface area contributed by atoms with E-state index in [9.17, 15) is 0 Å². The van der Waals surface area contributed by atoms with Gasteiger partial charge in [0.15, 0.2) is 0 Å². The van der Waals surface area contributed by atoms with Crippen molar-refractivity contribution < 1.29 is 0 Å². The average Bonchev–Trinajstić information content (AvgIpc) is 4.08. The van der Waals surface area contributed by atoms with Crippen molar-refractivity contribution in [3.05, 3.63) is 253 Å². The van der Waals surface area contributed by atoms with Crippen LogP contribution in [0, 0.1) is 0 Å². The molecule has 0 unspecified atom stereocenters. The molecular formula is C61H38N2S. The van der Waals surface area contributed by atoms with E-state index in [0.29, 0.717) is 0 Å². The number of hydrogen-bond donors (Lipinski definition) is 0. The van der Waals surface area contributed by atoms with Crippen molar-refractivity contribution in [1.82, 2.24) is 4.57 Å². The number of para-hydroxylation sites is 2. The Morgan fingerprint density at radius 3 is 1.55 bits per heavy atom. The van der Waals surface area contributed by atoms with Gasteiger partial charge in [0.2, 0.25) is 0 Å². The molecule has 0 atom stereocenters. The van der Waals surface area contributed by atoms with E-state index in [1.165, 1.54) is 109 Å². The van der Waals surface area contributed by atoms with Gasteiger partial charge in [0.25, 0.3) is 0 Å². The maximum absolute atomic E-state index is 2.51. The molecule has 298 valence electrons. The van der Waals surface area contributed by atoms with Gasteiger partial charge in [-0.3, -0.25) is 0 Å². The summed E-state index contributed by atoms with van der Waals surface area (Å²) in [6.45, 7) is 0. The van der Waals surface area contributed by atoms with Gasteiger partial charge in [-0.05, 0) is 110 Å². The van der Waals surface area contributed by atoms with E-state index in [1.54, 1.807) is 0 Å². The minimum absolute atomic E-state index is 0.440. The van der Waals surface area contributed by atoms with Crippen molar-refractivity contribution in [2.45, 2.75) is 5.41 Å². The first-order valence-corrected chi connectivity index (χ1v) is 22.9. The molecule has 0 aliphatic heterocycles. The SMILES string of the molecule is c1ccc(-c2ccc(N(c3ccc4c(c3)C3(c5ccccc5-c5ccccc53)c3ccccc3-4)c3cccc4c3sc3cc(-n5c6ccccc6c6ccccc65)ccc34)cc2)cc1. The Morgan fingerprint density at radius 2 is 0.891 bits per heavy atom. The molecule has 1 spiro atoms. The van der Waals surface area contributed by atoms with Crippen LogP contribution in [0.5, 0.6) is 0 Å². The lowest BCUT2D eigenvalue weighted by atomic mass is 9.70. The largest absolute Gasteiger partial charge is 0.309 e. The molecule has 3 heteroatoms. The Hall–Kier alpha value is -7.98. The smallest absolute Gasteiger partial charge is 0.0726 e. The summed E-state index contributed by atoms with van der Waals surface area (Å²) in [7, 11) is 0. The number of hydrogen-bond acceptors (Lipinski definition) is 2. The Morgan fingerprint density at radius 1 is 0.359 bits per heavy atom. The molecule has 0 amide bonds. The molecule has 2 heterocycles. The Bertz CT molecular complexity index is 3740. The van der Waals surface area contributed by atoms with Crippen molar-refractivity contribution in [3.63, 3.8) is 0 Å². The number of benzene rings is 10. The summed E-state index contributed by atoms with van der Waals surface area (Å²) in [4.78, 5) is 2.50. The molecule has 2 aliphatic rings. The molecular weight excluding hydrogens is 793 g/mol. The van der Waals surface area contributed by atoms with Crippen LogP contribution in [-0.4, -0.2) is 4.57 Å². The van der Waals surface area contributed by atoms with E-state index in [0.717, 1.165) is 11.4 Å². The molecule has 0 saturated heterocycles. The summed E-state index contributed by atoms with van der Waals surface area (Å²) in [6.07, 6.45) is 0. The summed E-state index contributed by atoms with van der Waals surface area (Å²) in [5.41, 5.74) is 19.6. The molecule has 0 radical (unpaired) electrons. The summed E-state index contributed by atoms with van der Waals surface area (Å²) in [5, 5.41) is 5.08. The quantitative estimate of drug-likeness (QED) is 0.168. The number of nitrogens with zero attached hydrogens (tertiary/aromatic N) is 2. The summed E-state index contributed by atoms with van der Waals surface area (Å²) < 4.78 is 4.95. The van der Waals surface area contributed by atoms with Crippen LogP contribution in [0.3, 0.4) is 0 Å². The zero-order valence-electron chi connectivity index (χ0n) is 34.7. The highest BCUT2D eigenvalue weighted by Gasteiger charge is 2.51. The minimum Gasteiger partial charge on any atom is -0.309 e. The molecule has 0 fully saturated rings. The minimum atomic E-state index is -0.440. The fraction of sp³-hybridized carbons (Fsp3) is 0.0164. The summed E-state index contributed by atoms with van der Waals surface area (Å²) >= 11 is 1.89. The predicted octanol–water partition coefficient (Wildman–Crippen LogP) is 16.6. The van der Waals surface area contributed by atoms with Crippen molar-refractivity contribution in [2.24, 2.45) is 0 Å². The first-order chi connectivity index (χ1) is 31.8. The van der Waals surface area contributed by atoms with Crippen LogP contribution < -0.4 is 4.90 Å². The molecule has 64 heavy (non-hydrogen) atoms. The highest BCUT2D eigenvalue weighted by Crippen LogP contribution is 2.63. The van der Waals surface area contributed by atoms with Crippen molar-refractivity contribution in [1.29, 1.82) is 0 Å². The van der Waals surface area contributed by atoms with E-state index in [1.807, 2.05) is 11.3 Å². The zero-order valence-corrected chi connectivity index (χ0v) is 35.6. The highest BCUT2D eigenvalue weighted by molar-refractivity contribution is 7.26. The lowest BCUT2D eigenvalue weighted by Crippen LogP contribution is -2.26. The monoisotopic (exact) mass is 830 g/mol.